The molecule has 2 atom stereocenters. The molecule has 0 aliphatic carbocycles. The topological polar surface area (TPSA) is 93.1 Å². The Balaban J connectivity index is 2.66. The van der Waals surface area contributed by atoms with Crippen LogP contribution in [0.2, 0.25) is 0 Å². The van der Waals surface area contributed by atoms with Crippen molar-refractivity contribution in [2.24, 2.45) is 0 Å². The minimum atomic E-state index is -1.10. The third-order valence-corrected chi connectivity index (χ3v) is 2.14. The molecule has 0 radical (unpaired) electrons. The first-order valence-electron chi connectivity index (χ1n) is 4.57. The number of hydrogen-bond donors (Lipinski definition) is 3. The van der Waals surface area contributed by atoms with E-state index in [1.54, 1.807) is 14.1 Å². The SMILES string of the molecule is CN(C)NC(=O)N1CC(O)CC1C(=O)O. The van der Waals surface area contributed by atoms with Crippen LogP contribution in [0.1, 0.15) is 6.42 Å². The van der Waals surface area contributed by atoms with Gasteiger partial charge in [0.25, 0.3) is 0 Å². The van der Waals surface area contributed by atoms with Crippen LogP contribution in [0, 0.1) is 0 Å². The molecule has 1 fully saturated rings. The number of carboxylic acids is 1. The van der Waals surface area contributed by atoms with Crippen LogP contribution in [-0.4, -0.2) is 64.9 Å². The van der Waals surface area contributed by atoms with Crippen molar-refractivity contribution in [3.05, 3.63) is 0 Å². The number of nitrogens with one attached hydrogen (secondary N) is 1. The van der Waals surface area contributed by atoms with E-state index in [1.807, 2.05) is 0 Å². The van der Waals surface area contributed by atoms with Crippen LogP contribution >= 0.6 is 0 Å². The molecule has 0 saturated carbocycles. The number of carboxylic acid groups (broad SMARTS) is 1. The molecule has 15 heavy (non-hydrogen) atoms. The Bertz CT molecular complexity index is 269. The van der Waals surface area contributed by atoms with Crippen molar-refractivity contribution < 1.29 is 19.8 Å². The molecule has 2 amide bonds. The summed E-state index contributed by atoms with van der Waals surface area (Å²) in [6, 6.07) is -1.45. The molecular weight excluding hydrogens is 202 g/mol. The molecule has 1 rings (SSSR count). The monoisotopic (exact) mass is 217 g/mol. The van der Waals surface area contributed by atoms with Crippen molar-refractivity contribution in [3.63, 3.8) is 0 Å². The highest BCUT2D eigenvalue weighted by atomic mass is 16.4. The molecule has 7 heteroatoms. The number of rotatable bonds is 2. The predicted molar refractivity (Wildman–Crippen MR) is 51.0 cm³/mol. The molecule has 3 N–H and O–H groups in total. The van der Waals surface area contributed by atoms with E-state index >= 15 is 0 Å². The third kappa shape index (κ3) is 2.80. The van der Waals surface area contributed by atoms with Crippen LogP contribution in [0.4, 0.5) is 4.79 Å². The van der Waals surface area contributed by atoms with Gasteiger partial charge in [0, 0.05) is 27.1 Å². The van der Waals surface area contributed by atoms with Crippen LogP contribution in [0.25, 0.3) is 0 Å². The number of amides is 2. The van der Waals surface area contributed by atoms with E-state index in [1.165, 1.54) is 5.01 Å². The Morgan fingerprint density at radius 1 is 1.47 bits per heavy atom. The lowest BCUT2D eigenvalue weighted by Crippen LogP contribution is -2.50. The molecule has 2 unspecified atom stereocenters. The smallest absolute Gasteiger partial charge is 0.332 e. The zero-order valence-corrected chi connectivity index (χ0v) is 8.67. The van der Waals surface area contributed by atoms with Gasteiger partial charge in [0.2, 0.25) is 0 Å². The molecule has 1 aliphatic heterocycles. The highest BCUT2D eigenvalue weighted by Crippen LogP contribution is 2.17. The van der Waals surface area contributed by atoms with Gasteiger partial charge in [-0.2, -0.15) is 0 Å². The summed E-state index contributed by atoms with van der Waals surface area (Å²) < 4.78 is 0. The van der Waals surface area contributed by atoms with Gasteiger partial charge in [-0.05, 0) is 0 Å². The van der Waals surface area contributed by atoms with Gasteiger partial charge in [0.1, 0.15) is 6.04 Å². The lowest BCUT2D eigenvalue weighted by molar-refractivity contribution is -0.141. The van der Waals surface area contributed by atoms with Gasteiger partial charge in [-0.3, -0.25) is 5.43 Å². The summed E-state index contributed by atoms with van der Waals surface area (Å²) in [5.41, 5.74) is 2.44. The van der Waals surface area contributed by atoms with Crippen molar-refractivity contribution in [3.8, 4) is 0 Å². The van der Waals surface area contributed by atoms with E-state index in [-0.39, 0.29) is 13.0 Å². The van der Waals surface area contributed by atoms with Crippen LogP contribution < -0.4 is 5.43 Å². The Morgan fingerprint density at radius 3 is 2.53 bits per heavy atom. The number of β-amino-alcohol motifs (C(OH)–C–C–N with tert-alkyl or cyclic N) is 1. The lowest BCUT2D eigenvalue weighted by Gasteiger charge is -2.23. The average Bonchev–Trinajstić information content (AvgIpc) is 2.46. The van der Waals surface area contributed by atoms with E-state index in [9.17, 15) is 14.7 Å². The standard InChI is InChI=1S/C8H15N3O4/c1-10(2)9-8(15)11-4-5(12)3-6(11)7(13)14/h5-6,12H,3-4H2,1-2H3,(H,9,15)(H,13,14). The number of aliphatic carboxylic acids is 1. The van der Waals surface area contributed by atoms with E-state index in [0.717, 1.165) is 4.90 Å². The number of aliphatic hydroxyl groups is 1. The normalized spacial score (nSPS) is 25.7. The second kappa shape index (κ2) is 4.45. The number of urea groups is 1. The Hall–Kier alpha value is -1.34. The summed E-state index contributed by atoms with van der Waals surface area (Å²) in [4.78, 5) is 23.4. The van der Waals surface area contributed by atoms with Crippen molar-refractivity contribution >= 4 is 12.0 Å². The summed E-state index contributed by atoms with van der Waals surface area (Å²) >= 11 is 0. The first kappa shape index (κ1) is 11.7. The maximum atomic E-state index is 11.5. The zero-order valence-electron chi connectivity index (χ0n) is 8.67. The minimum absolute atomic E-state index is 0.0522. The van der Waals surface area contributed by atoms with E-state index in [0.29, 0.717) is 0 Å². The van der Waals surface area contributed by atoms with Gasteiger partial charge in [-0.1, -0.05) is 0 Å². The molecule has 0 aromatic rings. The molecular formula is C8H15N3O4. The number of aliphatic hydroxyl groups excluding tert-OH is 1. The molecule has 1 aliphatic rings. The maximum absolute atomic E-state index is 11.5. The first-order chi connectivity index (χ1) is 6.91. The average molecular weight is 217 g/mol. The van der Waals surface area contributed by atoms with Crippen LogP contribution in [0.3, 0.4) is 0 Å². The summed E-state index contributed by atoms with van der Waals surface area (Å²) in [7, 11) is 3.25. The van der Waals surface area contributed by atoms with Gasteiger partial charge in [0.15, 0.2) is 0 Å². The van der Waals surface area contributed by atoms with Gasteiger partial charge >= 0.3 is 12.0 Å². The quantitative estimate of drug-likeness (QED) is 0.499. The summed E-state index contributed by atoms with van der Waals surface area (Å²) in [6.45, 7) is 0.0522. The minimum Gasteiger partial charge on any atom is -0.480 e. The Kier molecular flexibility index (Phi) is 3.48. The van der Waals surface area contributed by atoms with Crippen molar-refractivity contribution in [2.75, 3.05) is 20.6 Å². The predicted octanol–water partition coefficient (Wildman–Crippen LogP) is -1.31. The van der Waals surface area contributed by atoms with Crippen LogP contribution in [0.15, 0.2) is 0 Å². The van der Waals surface area contributed by atoms with E-state index in [4.69, 9.17) is 5.11 Å². The zero-order chi connectivity index (χ0) is 11.6. The highest BCUT2D eigenvalue weighted by molar-refractivity contribution is 5.83. The number of likely N-dealkylation sites (tertiary alicyclic amines) is 1. The maximum Gasteiger partial charge on any atom is 0.332 e. The number of carbonyl (C=O) groups is 2. The highest BCUT2D eigenvalue weighted by Gasteiger charge is 2.39. The molecule has 0 aromatic carbocycles. The number of hydrazine groups is 1. The molecule has 1 heterocycles. The van der Waals surface area contributed by atoms with Crippen molar-refractivity contribution in [1.82, 2.24) is 15.3 Å². The molecule has 7 nitrogen and oxygen atoms in total. The van der Waals surface area contributed by atoms with Gasteiger partial charge < -0.3 is 15.1 Å². The fourth-order valence-corrected chi connectivity index (χ4v) is 1.53. The third-order valence-electron chi connectivity index (χ3n) is 2.14. The van der Waals surface area contributed by atoms with Gasteiger partial charge in [-0.25, -0.2) is 14.6 Å². The Labute approximate surface area is 87.2 Å². The second-order valence-corrected chi connectivity index (χ2v) is 3.71. The molecule has 0 bridgehead atoms. The first-order valence-corrected chi connectivity index (χ1v) is 4.57. The van der Waals surface area contributed by atoms with E-state index in [2.05, 4.69) is 5.43 Å². The fourth-order valence-electron chi connectivity index (χ4n) is 1.53. The summed E-state index contributed by atoms with van der Waals surface area (Å²) in [5, 5.41) is 19.6. The Morgan fingerprint density at radius 2 is 2.07 bits per heavy atom. The molecule has 86 valence electrons. The van der Waals surface area contributed by atoms with Gasteiger partial charge in [-0.15, -0.1) is 0 Å². The number of nitrogens with zero attached hydrogens (tertiary/aromatic N) is 2. The van der Waals surface area contributed by atoms with Crippen LogP contribution in [-0.2, 0) is 4.79 Å². The summed E-state index contributed by atoms with van der Waals surface area (Å²) in [6.07, 6.45) is -0.685. The fraction of sp³-hybridized carbons (Fsp3) is 0.750. The van der Waals surface area contributed by atoms with Gasteiger partial charge in [0.05, 0.1) is 6.10 Å². The van der Waals surface area contributed by atoms with E-state index < -0.39 is 24.1 Å². The van der Waals surface area contributed by atoms with Crippen molar-refractivity contribution in [1.29, 1.82) is 0 Å². The largest absolute Gasteiger partial charge is 0.480 e. The van der Waals surface area contributed by atoms with Crippen molar-refractivity contribution in [2.45, 2.75) is 18.6 Å². The molecule has 0 aromatic heterocycles. The number of carbonyl (C=O) groups excluding carboxylic acids is 1. The molecule has 0 spiro atoms. The second-order valence-electron chi connectivity index (χ2n) is 3.71. The van der Waals surface area contributed by atoms with Crippen LogP contribution in [0.5, 0.6) is 0 Å². The summed E-state index contributed by atoms with van der Waals surface area (Å²) in [5.74, 6) is -1.10. The molecule has 1 saturated heterocycles. The lowest BCUT2D eigenvalue weighted by atomic mass is 10.2. The number of hydrogen-bond acceptors (Lipinski definition) is 4.